The molecule has 0 heterocycles. The summed E-state index contributed by atoms with van der Waals surface area (Å²) in [5.41, 5.74) is 3.76. The summed E-state index contributed by atoms with van der Waals surface area (Å²) in [5, 5.41) is 2.87. The summed E-state index contributed by atoms with van der Waals surface area (Å²) in [6.45, 7) is 8.25. The zero-order valence-corrected chi connectivity index (χ0v) is 20.1. The number of anilines is 1. The molecule has 0 spiro atoms. The molecule has 0 saturated heterocycles. The van der Waals surface area contributed by atoms with Crippen molar-refractivity contribution in [1.29, 1.82) is 0 Å². The molecule has 2 rings (SSSR count). The van der Waals surface area contributed by atoms with Gasteiger partial charge >= 0.3 is 0 Å². The van der Waals surface area contributed by atoms with Crippen molar-refractivity contribution < 1.29 is 17.9 Å². The van der Waals surface area contributed by atoms with Gasteiger partial charge in [-0.25, -0.2) is 8.42 Å². The number of ether oxygens (including phenoxy) is 1. The van der Waals surface area contributed by atoms with Gasteiger partial charge in [0.25, 0.3) is 0 Å². The number of carbonyl (C=O) groups excluding carboxylic acids is 1. The summed E-state index contributed by atoms with van der Waals surface area (Å²) in [6.07, 6.45) is 2.71. The minimum atomic E-state index is -3.70. The molecule has 1 atom stereocenters. The largest absolute Gasteiger partial charge is 0.495 e. The summed E-state index contributed by atoms with van der Waals surface area (Å²) in [7, 11) is -2.22. The number of hydrogen-bond donors (Lipinski definition) is 1. The first-order chi connectivity index (χ1) is 14.5. The number of nitrogens with one attached hydrogen (secondary N) is 1. The predicted molar refractivity (Wildman–Crippen MR) is 126 cm³/mol. The molecule has 2 aromatic rings. The van der Waals surface area contributed by atoms with Gasteiger partial charge in [-0.15, -0.1) is 0 Å². The van der Waals surface area contributed by atoms with Gasteiger partial charge in [0.1, 0.15) is 11.8 Å². The third-order valence-electron chi connectivity index (χ3n) is 5.25. The first-order valence-electron chi connectivity index (χ1n) is 10.5. The number of hydrogen-bond acceptors (Lipinski definition) is 4. The van der Waals surface area contributed by atoms with E-state index >= 15 is 0 Å². The van der Waals surface area contributed by atoms with Crippen molar-refractivity contribution in [2.75, 3.05) is 24.2 Å². The van der Waals surface area contributed by atoms with Gasteiger partial charge < -0.3 is 10.1 Å². The topological polar surface area (TPSA) is 75.7 Å². The summed E-state index contributed by atoms with van der Waals surface area (Å²) < 4.78 is 31.5. The summed E-state index contributed by atoms with van der Waals surface area (Å²) in [5.74, 6) is 0.560. The third kappa shape index (κ3) is 6.72. The van der Waals surface area contributed by atoms with E-state index in [1.807, 2.05) is 13.0 Å². The fourth-order valence-electron chi connectivity index (χ4n) is 3.47. The standard InChI is InChI=1S/C24H34N2O4S/c1-17(2)21-12-10-20(11-13-21)8-7-15-25-24(27)19(4)26(31(6,28)29)22-16-18(3)9-14-23(22)30-5/h9-14,16-17,19H,7-8,15H2,1-6H3,(H,25,27). The number of nitrogens with zero attached hydrogens (tertiary/aromatic N) is 1. The highest BCUT2D eigenvalue weighted by molar-refractivity contribution is 7.92. The van der Waals surface area contributed by atoms with Gasteiger partial charge in [0, 0.05) is 6.54 Å². The average Bonchev–Trinajstić information content (AvgIpc) is 2.70. The van der Waals surface area contributed by atoms with Crippen LogP contribution < -0.4 is 14.4 Å². The van der Waals surface area contributed by atoms with E-state index in [4.69, 9.17) is 4.74 Å². The van der Waals surface area contributed by atoms with E-state index < -0.39 is 16.1 Å². The molecule has 0 aliphatic carbocycles. The molecule has 0 aliphatic heterocycles. The number of amides is 1. The number of aryl methyl sites for hydroxylation is 2. The van der Waals surface area contributed by atoms with Crippen LogP contribution in [-0.4, -0.2) is 40.3 Å². The molecule has 1 N–H and O–H groups in total. The average molecular weight is 447 g/mol. The predicted octanol–water partition coefficient (Wildman–Crippen LogP) is 4.03. The molecule has 170 valence electrons. The van der Waals surface area contributed by atoms with E-state index in [1.165, 1.54) is 18.2 Å². The second kappa shape index (κ2) is 10.7. The molecule has 31 heavy (non-hydrogen) atoms. The Balaban J connectivity index is 2.03. The smallest absolute Gasteiger partial charge is 0.243 e. The Bertz CT molecular complexity index is 985. The van der Waals surface area contributed by atoms with Crippen molar-refractivity contribution in [2.24, 2.45) is 0 Å². The minimum absolute atomic E-state index is 0.343. The van der Waals surface area contributed by atoms with Crippen LogP contribution in [0.5, 0.6) is 5.75 Å². The van der Waals surface area contributed by atoms with Crippen LogP contribution in [0, 0.1) is 6.92 Å². The highest BCUT2D eigenvalue weighted by Crippen LogP contribution is 2.32. The van der Waals surface area contributed by atoms with Crippen LogP contribution in [0.15, 0.2) is 42.5 Å². The molecule has 6 nitrogen and oxygen atoms in total. The highest BCUT2D eigenvalue weighted by atomic mass is 32.2. The number of methoxy groups -OCH3 is 1. The Hall–Kier alpha value is -2.54. The van der Waals surface area contributed by atoms with Crippen molar-refractivity contribution in [3.63, 3.8) is 0 Å². The second-order valence-corrected chi connectivity index (χ2v) is 10.1. The summed E-state index contributed by atoms with van der Waals surface area (Å²) in [4.78, 5) is 12.8. The quantitative estimate of drug-likeness (QED) is 0.559. The lowest BCUT2D eigenvalue weighted by Gasteiger charge is -2.29. The number of sulfonamides is 1. The lowest BCUT2D eigenvalue weighted by molar-refractivity contribution is -0.121. The van der Waals surface area contributed by atoms with Crippen LogP contribution in [0.25, 0.3) is 0 Å². The lowest BCUT2D eigenvalue weighted by Crippen LogP contribution is -2.48. The van der Waals surface area contributed by atoms with Gasteiger partial charge in [-0.1, -0.05) is 44.2 Å². The van der Waals surface area contributed by atoms with Crippen LogP contribution in [-0.2, 0) is 21.2 Å². The minimum Gasteiger partial charge on any atom is -0.495 e. The Morgan fingerprint density at radius 2 is 1.74 bits per heavy atom. The Morgan fingerprint density at radius 1 is 1.10 bits per heavy atom. The maximum atomic E-state index is 12.8. The molecule has 0 fully saturated rings. The van der Waals surface area contributed by atoms with Crippen molar-refractivity contribution in [1.82, 2.24) is 5.32 Å². The molecular weight excluding hydrogens is 412 g/mol. The zero-order valence-electron chi connectivity index (χ0n) is 19.3. The Morgan fingerprint density at radius 3 is 2.29 bits per heavy atom. The van der Waals surface area contributed by atoms with E-state index in [9.17, 15) is 13.2 Å². The van der Waals surface area contributed by atoms with Crippen molar-refractivity contribution >= 4 is 21.6 Å². The van der Waals surface area contributed by atoms with Crippen LogP contribution in [0.4, 0.5) is 5.69 Å². The van der Waals surface area contributed by atoms with Crippen molar-refractivity contribution in [3.05, 3.63) is 59.2 Å². The van der Waals surface area contributed by atoms with Crippen LogP contribution in [0.1, 0.15) is 49.8 Å². The first kappa shape index (κ1) is 24.7. The van der Waals surface area contributed by atoms with Gasteiger partial charge in [-0.05, 0) is 61.4 Å². The summed E-state index contributed by atoms with van der Waals surface area (Å²) >= 11 is 0. The molecular formula is C24H34N2O4S. The molecule has 0 aliphatic rings. The molecule has 2 aromatic carbocycles. The van der Waals surface area contributed by atoms with Crippen LogP contribution in [0.2, 0.25) is 0 Å². The lowest BCUT2D eigenvalue weighted by atomic mass is 10.0. The van der Waals surface area contributed by atoms with Crippen molar-refractivity contribution in [3.8, 4) is 5.75 Å². The van der Waals surface area contributed by atoms with Gasteiger partial charge in [-0.3, -0.25) is 9.10 Å². The van der Waals surface area contributed by atoms with Crippen LogP contribution >= 0.6 is 0 Å². The number of benzene rings is 2. The normalized spacial score (nSPS) is 12.5. The molecule has 7 heteroatoms. The fraction of sp³-hybridized carbons (Fsp3) is 0.458. The summed E-state index contributed by atoms with van der Waals surface area (Å²) in [6, 6.07) is 12.9. The second-order valence-electron chi connectivity index (χ2n) is 8.20. The van der Waals surface area contributed by atoms with Crippen molar-refractivity contribution in [2.45, 2.75) is 52.5 Å². The monoisotopic (exact) mass is 446 g/mol. The highest BCUT2D eigenvalue weighted by Gasteiger charge is 2.31. The molecule has 0 aromatic heterocycles. The third-order valence-corrected chi connectivity index (χ3v) is 6.48. The van der Waals surface area contributed by atoms with E-state index in [0.29, 0.717) is 23.9 Å². The van der Waals surface area contributed by atoms with Gasteiger partial charge in [0.2, 0.25) is 15.9 Å². The SMILES string of the molecule is COc1ccc(C)cc1N(C(C)C(=O)NCCCc1ccc(C(C)C)cc1)S(C)(=O)=O. The molecule has 0 bridgehead atoms. The fourth-order valence-corrected chi connectivity index (χ4v) is 4.64. The zero-order chi connectivity index (χ0) is 23.2. The van der Waals surface area contributed by atoms with E-state index in [0.717, 1.165) is 29.0 Å². The molecule has 1 amide bonds. The molecule has 0 radical (unpaired) electrons. The maximum Gasteiger partial charge on any atom is 0.243 e. The van der Waals surface area contributed by atoms with E-state index in [-0.39, 0.29) is 5.91 Å². The number of rotatable bonds is 10. The number of carbonyl (C=O) groups is 1. The van der Waals surface area contributed by atoms with Gasteiger partial charge in [-0.2, -0.15) is 0 Å². The molecule has 0 saturated carbocycles. The molecule has 1 unspecified atom stereocenters. The first-order valence-corrected chi connectivity index (χ1v) is 12.4. The van der Waals surface area contributed by atoms with E-state index in [1.54, 1.807) is 19.1 Å². The Kier molecular flexibility index (Phi) is 8.51. The van der Waals surface area contributed by atoms with Gasteiger partial charge in [0.05, 0.1) is 19.1 Å². The van der Waals surface area contributed by atoms with Gasteiger partial charge in [0.15, 0.2) is 0 Å². The Labute approximate surface area is 186 Å². The van der Waals surface area contributed by atoms with E-state index in [2.05, 4.69) is 43.4 Å². The van der Waals surface area contributed by atoms with Crippen LogP contribution in [0.3, 0.4) is 0 Å². The maximum absolute atomic E-state index is 12.8.